The number of nitrogens with one attached hydrogen (secondary N) is 1. The average Bonchev–Trinajstić information content (AvgIpc) is 3.03. The first kappa shape index (κ1) is 18.9. The molecule has 5 nitrogen and oxygen atoms in total. The quantitative estimate of drug-likeness (QED) is 0.684. The smallest absolute Gasteiger partial charge is 0.257 e. The molecule has 0 radical (unpaired) electrons. The highest BCUT2D eigenvalue weighted by Crippen LogP contribution is 2.33. The molecule has 2 aromatic carbocycles. The molecule has 1 amide bonds. The molecule has 0 saturated heterocycles. The summed E-state index contributed by atoms with van der Waals surface area (Å²) in [6.07, 6.45) is 0. The van der Waals surface area contributed by atoms with Gasteiger partial charge in [-0.1, -0.05) is 41.0 Å². The topological polar surface area (TPSA) is 58.4 Å². The van der Waals surface area contributed by atoms with Crippen LogP contribution in [0.4, 0.5) is 10.1 Å². The summed E-state index contributed by atoms with van der Waals surface area (Å²) < 4.78 is 19.4. The van der Waals surface area contributed by atoms with Crippen molar-refractivity contribution in [1.82, 2.24) is 10.5 Å². The Kier molecular flexibility index (Phi) is 5.76. The minimum absolute atomic E-state index is 0.0579. The Hall–Kier alpha value is -2.86. The molecule has 0 aliphatic rings. The second-order valence-electron chi connectivity index (χ2n) is 6.07. The predicted molar refractivity (Wildman–Crippen MR) is 104 cm³/mol. The van der Waals surface area contributed by atoms with E-state index in [1.807, 2.05) is 42.3 Å². The molecular weight excluding hydrogens is 369 g/mol. The zero-order chi connectivity index (χ0) is 19.4. The van der Waals surface area contributed by atoms with Crippen molar-refractivity contribution >= 4 is 23.2 Å². The summed E-state index contributed by atoms with van der Waals surface area (Å²) in [6, 6.07) is 14.1. The fourth-order valence-electron chi connectivity index (χ4n) is 2.77. The molecule has 1 aromatic heterocycles. The fourth-order valence-corrected chi connectivity index (χ4v) is 3.02. The number of aromatic nitrogens is 1. The van der Waals surface area contributed by atoms with Crippen LogP contribution in [0.1, 0.15) is 16.1 Å². The number of hydrogen-bond acceptors (Lipinski definition) is 4. The lowest BCUT2D eigenvalue weighted by Gasteiger charge is -2.19. The molecule has 140 valence electrons. The van der Waals surface area contributed by atoms with Gasteiger partial charge in [0.15, 0.2) is 0 Å². The largest absolute Gasteiger partial charge is 0.373 e. The highest BCUT2D eigenvalue weighted by molar-refractivity contribution is 6.33. The van der Waals surface area contributed by atoms with Crippen LogP contribution in [0.25, 0.3) is 11.3 Å². The third kappa shape index (κ3) is 4.11. The van der Waals surface area contributed by atoms with E-state index in [2.05, 4.69) is 10.5 Å². The predicted octanol–water partition coefficient (Wildman–Crippen LogP) is 4.31. The minimum Gasteiger partial charge on any atom is -0.373 e. The van der Waals surface area contributed by atoms with Gasteiger partial charge in [0.25, 0.3) is 5.91 Å². The molecule has 0 aliphatic carbocycles. The maximum absolute atomic E-state index is 14.2. The first-order valence-electron chi connectivity index (χ1n) is 8.44. The number of nitrogens with zero attached hydrogens (tertiary/aromatic N) is 2. The Bertz CT molecular complexity index is 923. The van der Waals surface area contributed by atoms with E-state index in [4.69, 9.17) is 16.1 Å². The van der Waals surface area contributed by atoms with Gasteiger partial charge in [-0.05, 0) is 31.2 Å². The monoisotopic (exact) mass is 387 g/mol. The summed E-state index contributed by atoms with van der Waals surface area (Å²) in [5, 5.41) is 6.85. The van der Waals surface area contributed by atoms with Crippen LogP contribution >= 0.6 is 11.6 Å². The second kappa shape index (κ2) is 8.22. The third-order valence-electron chi connectivity index (χ3n) is 4.22. The van der Waals surface area contributed by atoms with Gasteiger partial charge in [0.1, 0.15) is 22.8 Å². The summed E-state index contributed by atoms with van der Waals surface area (Å²) in [6.45, 7) is 2.62. The molecule has 0 atom stereocenters. The van der Waals surface area contributed by atoms with E-state index in [0.717, 1.165) is 5.69 Å². The lowest BCUT2D eigenvalue weighted by molar-refractivity contribution is 0.0954. The number of para-hydroxylation sites is 1. The van der Waals surface area contributed by atoms with Crippen LogP contribution in [-0.4, -0.2) is 31.2 Å². The SMILES string of the molecule is Cc1onc(-c2c(F)cccc2Cl)c1C(=O)NCCN(C)c1ccccc1. The van der Waals surface area contributed by atoms with Crippen molar-refractivity contribution in [3.05, 3.63) is 70.7 Å². The molecular formula is C20H19ClFN3O2. The van der Waals surface area contributed by atoms with Crippen molar-refractivity contribution in [1.29, 1.82) is 0 Å². The van der Waals surface area contributed by atoms with Crippen molar-refractivity contribution in [3.63, 3.8) is 0 Å². The van der Waals surface area contributed by atoms with E-state index < -0.39 is 5.82 Å². The first-order chi connectivity index (χ1) is 13.0. The van der Waals surface area contributed by atoms with Crippen molar-refractivity contribution in [2.45, 2.75) is 6.92 Å². The standard InChI is InChI=1S/C20H19ClFN3O2/c1-13-17(19(24-27-13)18-15(21)9-6-10-16(18)22)20(26)23-11-12-25(2)14-7-4-3-5-8-14/h3-10H,11-12H2,1-2H3,(H,23,26). The van der Waals surface area contributed by atoms with Gasteiger partial charge in [0.05, 0.1) is 10.6 Å². The molecule has 0 spiro atoms. The normalized spacial score (nSPS) is 10.7. The van der Waals surface area contributed by atoms with E-state index in [1.54, 1.807) is 13.0 Å². The van der Waals surface area contributed by atoms with Gasteiger partial charge in [-0.15, -0.1) is 0 Å². The molecule has 3 rings (SSSR count). The third-order valence-corrected chi connectivity index (χ3v) is 4.53. The highest BCUT2D eigenvalue weighted by atomic mass is 35.5. The molecule has 1 heterocycles. The van der Waals surface area contributed by atoms with Gasteiger partial charge >= 0.3 is 0 Å². The van der Waals surface area contributed by atoms with E-state index in [1.165, 1.54) is 12.1 Å². The highest BCUT2D eigenvalue weighted by Gasteiger charge is 2.25. The second-order valence-corrected chi connectivity index (χ2v) is 6.48. The lowest BCUT2D eigenvalue weighted by Crippen LogP contribution is -2.33. The number of halogens is 2. The molecule has 7 heteroatoms. The van der Waals surface area contributed by atoms with Gasteiger partial charge in [-0.3, -0.25) is 4.79 Å². The van der Waals surface area contributed by atoms with Gasteiger partial charge in [0, 0.05) is 25.8 Å². The maximum atomic E-state index is 14.2. The Morgan fingerprint density at radius 3 is 2.67 bits per heavy atom. The average molecular weight is 388 g/mol. The molecule has 0 unspecified atom stereocenters. The van der Waals surface area contributed by atoms with Crippen molar-refractivity contribution in [2.75, 3.05) is 25.0 Å². The maximum Gasteiger partial charge on any atom is 0.257 e. The summed E-state index contributed by atoms with van der Waals surface area (Å²) in [5.74, 6) is -0.642. The number of anilines is 1. The number of benzene rings is 2. The summed E-state index contributed by atoms with van der Waals surface area (Å²) >= 11 is 6.10. The lowest BCUT2D eigenvalue weighted by atomic mass is 10.0. The van der Waals surface area contributed by atoms with Crippen LogP contribution in [0.15, 0.2) is 53.1 Å². The zero-order valence-electron chi connectivity index (χ0n) is 15.0. The van der Waals surface area contributed by atoms with Crippen molar-refractivity contribution in [2.24, 2.45) is 0 Å². The molecule has 0 saturated carbocycles. The van der Waals surface area contributed by atoms with E-state index in [-0.39, 0.29) is 27.8 Å². The number of likely N-dealkylation sites (N-methyl/N-ethyl adjacent to an activating group) is 1. The number of rotatable bonds is 6. The van der Waals surface area contributed by atoms with Crippen LogP contribution in [-0.2, 0) is 0 Å². The van der Waals surface area contributed by atoms with Crippen molar-refractivity contribution < 1.29 is 13.7 Å². The fraction of sp³-hybridized carbons (Fsp3) is 0.200. The van der Waals surface area contributed by atoms with E-state index in [0.29, 0.717) is 18.8 Å². The minimum atomic E-state index is -0.561. The van der Waals surface area contributed by atoms with Gasteiger partial charge in [-0.25, -0.2) is 4.39 Å². The van der Waals surface area contributed by atoms with Crippen LogP contribution in [0, 0.1) is 12.7 Å². The number of carbonyl (C=O) groups excluding carboxylic acids is 1. The Morgan fingerprint density at radius 1 is 1.22 bits per heavy atom. The van der Waals surface area contributed by atoms with Crippen LogP contribution in [0.3, 0.4) is 0 Å². The van der Waals surface area contributed by atoms with Crippen LogP contribution in [0.2, 0.25) is 5.02 Å². The first-order valence-corrected chi connectivity index (χ1v) is 8.82. The number of amides is 1. The molecule has 0 fully saturated rings. The van der Waals surface area contributed by atoms with Crippen LogP contribution in [0.5, 0.6) is 0 Å². The molecule has 1 N–H and O–H groups in total. The number of aryl methyl sites for hydroxylation is 1. The van der Waals surface area contributed by atoms with Crippen LogP contribution < -0.4 is 10.2 Å². The van der Waals surface area contributed by atoms with E-state index in [9.17, 15) is 9.18 Å². The number of carbonyl (C=O) groups is 1. The Balaban J connectivity index is 1.74. The molecule has 27 heavy (non-hydrogen) atoms. The summed E-state index contributed by atoms with van der Waals surface area (Å²) in [5.41, 5.74) is 1.39. The Morgan fingerprint density at radius 2 is 1.96 bits per heavy atom. The van der Waals surface area contributed by atoms with Gasteiger partial charge in [0.2, 0.25) is 0 Å². The Labute approximate surface area is 161 Å². The summed E-state index contributed by atoms with van der Waals surface area (Å²) in [4.78, 5) is 14.7. The van der Waals surface area contributed by atoms with Gasteiger partial charge in [-0.2, -0.15) is 0 Å². The molecule has 0 bridgehead atoms. The number of hydrogen-bond donors (Lipinski definition) is 1. The zero-order valence-corrected chi connectivity index (χ0v) is 15.8. The molecule has 3 aromatic rings. The summed E-state index contributed by atoms with van der Waals surface area (Å²) in [7, 11) is 1.94. The van der Waals surface area contributed by atoms with Crippen molar-refractivity contribution in [3.8, 4) is 11.3 Å². The van der Waals surface area contributed by atoms with Gasteiger partial charge < -0.3 is 14.7 Å². The van der Waals surface area contributed by atoms with E-state index >= 15 is 0 Å². The molecule has 0 aliphatic heterocycles.